The summed E-state index contributed by atoms with van der Waals surface area (Å²) in [5.74, 6) is -0.627. The summed E-state index contributed by atoms with van der Waals surface area (Å²) in [4.78, 5) is 39.7. The molecule has 3 heterocycles. The van der Waals surface area contributed by atoms with Crippen LogP contribution in [0, 0.1) is 4.64 Å². The number of thiazole rings is 1. The van der Waals surface area contributed by atoms with E-state index in [4.69, 9.17) is 31.6 Å². The van der Waals surface area contributed by atoms with Crippen molar-refractivity contribution in [1.29, 1.82) is 0 Å². The smallest absolute Gasteiger partial charge is 0.490 e. The van der Waals surface area contributed by atoms with E-state index in [1.807, 2.05) is 0 Å². The molecule has 19 heteroatoms. The molecule has 14 nitrogen and oxygen atoms in total. The lowest BCUT2D eigenvalue weighted by atomic mass is 10.3. The van der Waals surface area contributed by atoms with Gasteiger partial charge in [0.1, 0.15) is 17.0 Å². The molecule has 0 saturated carbocycles. The van der Waals surface area contributed by atoms with Gasteiger partial charge in [0.25, 0.3) is 0 Å². The Morgan fingerprint density at radius 2 is 1.93 bits per heavy atom. The SMILES string of the molecule is O=P(O)(O)OP(=O)(O)OP(=O)(O)OCC1=C(O)C[C@H](n2ccc3ncsc3c2=S)O1. The predicted molar refractivity (Wildman–Crippen MR) is 103 cm³/mol. The molecule has 0 saturated heterocycles. The van der Waals surface area contributed by atoms with Crippen molar-refractivity contribution in [1.82, 2.24) is 9.55 Å². The third-order valence-corrected chi connectivity index (χ3v) is 8.65. The van der Waals surface area contributed by atoms with Crippen molar-refractivity contribution in [3.05, 3.63) is 33.9 Å². The second-order valence-corrected chi connectivity index (χ2v) is 11.3. The van der Waals surface area contributed by atoms with E-state index in [1.54, 1.807) is 17.8 Å². The van der Waals surface area contributed by atoms with Crippen LogP contribution in [-0.2, 0) is 31.6 Å². The topological polar surface area (TPSA) is 207 Å². The predicted octanol–water partition coefficient (Wildman–Crippen LogP) is 2.86. The lowest BCUT2D eigenvalue weighted by Gasteiger charge is -2.18. The average Bonchev–Trinajstić information content (AvgIpc) is 3.17. The zero-order valence-corrected chi connectivity index (χ0v) is 18.7. The van der Waals surface area contributed by atoms with Gasteiger partial charge in [-0.05, 0) is 6.07 Å². The number of phosphoric acid groups is 3. The number of ether oxygens (including phenoxy) is 1. The van der Waals surface area contributed by atoms with Crippen molar-refractivity contribution in [3.63, 3.8) is 0 Å². The molecule has 0 bridgehead atoms. The highest BCUT2D eigenvalue weighted by atomic mass is 32.1. The second-order valence-electron chi connectivity index (χ2n) is 5.61. The van der Waals surface area contributed by atoms with Gasteiger partial charge in [-0.25, -0.2) is 18.7 Å². The van der Waals surface area contributed by atoms with Crippen LogP contribution in [0.5, 0.6) is 0 Å². The van der Waals surface area contributed by atoms with Crippen molar-refractivity contribution in [2.24, 2.45) is 0 Å². The maximum Gasteiger partial charge on any atom is 0.490 e. The molecule has 2 aromatic rings. The minimum Gasteiger partial charge on any atom is -0.508 e. The first-order valence-electron chi connectivity index (χ1n) is 7.57. The quantitative estimate of drug-likeness (QED) is 0.250. The number of pyridine rings is 1. The number of hydrogen-bond donors (Lipinski definition) is 5. The van der Waals surface area contributed by atoms with Crippen LogP contribution in [0.2, 0.25) is 0 Å². The van der Waals surface area contributed by atoms with Gasteiger partial charge in [0.05, 0.1) is 22.1 Å². The van der Waals surface area contributed by atoms with Crippen LogP contribution in [0.3, 0.4) is 0 Å². The molecule has 2 unspecified atom stereocenters. The second kappa shape index (κ2) is 8.51. The third-order valence-electron chi connectivity index (χ3n) is 3.47. The molecule has 5 N–H and O–H groups in total. The molecule has 1 aliphatic heterocycles. The maximum absolute atomic E-state index is 11.8. The molecule has 3 rings (SSSR count). The summed E-state index contributed by atoms with van der Waals surface area (Å²) in [6.07, 6.45) is 0.727. The molecular weight excluding hydrogens is 509 g/mol. The molecule has 0 fully saturated rings. The lowest BCUT2D eigenvalue weighted by molar-refractivity contribution is 0.0597. The Morgan fingerprint density at radius 3 is 2.60 bits per heavy atom. The lowest BCUT2D eigenvalue weighted by Crippen LogP contribution is -2.10. The maximum atomic E-state index is 11.8. The Morgan fingerprint density at radius 1 is 1.23 bits per heavy atom. The highest BCUT2D eigenvalue weighted by Gasteiger charge is 2.41. The number of aromatic nitrogens is 2. The molecule has 2 aromatic heterocycles. The summed E-state index contributed by atoms with van der Waals surface area (Å²) in [6.45, 7) is -0.873. The minimum atomic E-state index is -5.64. The van der Waals surface area contributed by atoms with Crippen molar-refractivity contribution in [3.8, 4) is 0 Å². The van der Waals surface area contributed by atoms with Crippen LogP contribution < -0.4 is 0 Å². The van der Waals surface area contributed by atoms with Gasteiger partial charge in [0.15, 0.2) is 12.0 Å². The first kappa shape index (κ1) is 23.7. The first-order valence-corrected chi connectivity index (χ1v) is 13.4. The molecule has 3 atom stereocenters. The van der Waals surface area contributed by atoms with Crippen LogP contribution in [0.1, 0.15) is 12.6 Å². The number of hydrogen-bond acceptors (Lipinski definition) is 11. The van der Waals surface area contributed by atoms with Gasteiger partial charge in [-0.15, -0.1) is 11.3 Å². The van der Waals surface area contributed by atoms with Crippen LogP contribution >= 0.6 is 47.0 Å². The molecular formula is C11H13N2O12P3S2. The summed E-state index contributed by atoms with van der Waals surface area (Å²) >= 11 is 6.68. The molecule has 0 aromatic carbocycles. The van der Waals surface area contributed by atoms with E-state index in [9.17, 15) is 23.7 Å². The molecule has 166 valence electrons. The summed E-state index contributed by atoms with van der Waals surface area (Å²) < 4.78 is 53.4. The normalized spacial score (nSPS) is 21.4. The van der Waals surface area contributed by atoms with Crippen LogP contribution in [0.15, 0.2) is 29.3 Å². The Balaban J connectivity index is 1.66. The van der Waals surface area contributed by atoms with E-state index in [1.165, 1.54) is 15.9 Å². The average molecular weight is 522 g/mol. The molecule has 0 radical (unpaired) electrons. The third kappa shape index (κ3) is 5.82. The largest absolute Gasteiger partial charge is 0.508 e. The van der Waals surface area contributed by atoms with Crippen molar-refractivity contribution >= 4 is 57.2 Å². The van der Waals surface area contributed by atoms with Crippen LogP contribution in [0.25, 0.3) is 10.2 Å². The van der Waals surface area contributed by atoms with E-state index in [2.05, 4.69) is 18.1 Å². The van der Waals surface area contributed by atoms with Crippen molar-refractivity contribution in [2.75, 3.05) is 6.61 Å². The number of fused-ring (bicyclic) bond motifs is 1. The van der Waals surface area contributed by atoms with E-state index in [0.29, 0.717) is 10.2 Å². The number of aliphatic hydroxyl groups excluding tert-OH is 1. The Labute approximate surface area is 176 Å². The van der Waals surface area contributed by atoms with E-state index in [-0.39, 0.29) is 17.9 Å². The number of rotatable bonds is 8. The molecule has 30 heavy (non-hydrogen) atoms. The standard InChI is InChI=1S/C11H13N2O12P3S2/c14-7-3-9(13-2-1-6-10(11(13)29)30-5-12-6)23-8(7)4-22-27(18,19)25-28(20,21)24-26(15,16)17/h1-2,5,9,14H,3-4H2,(H,18,19)(H,20,21)(H2,15,16,17)/t9-/m1/s1. The molecule has 1 aliphatic rings. The monoisotopic (exact) mass is 522 g/mol. The Kier molecular flexibility index (Phi) is 6.71. The van der Waals surface area contributed by atoms with Crippen molar-refractivity contribution < 1.29 is 56.3 Å². The fourth-order valence-corrected chi connectivity index (χ4v) is 6.49. The first-order chi connectivity index (χ1) is 13.8. The molecule has 0 aliphatic carbocycles. The van der Waals surface area contributed by atoms with Gasteiger partial charge in [0.2, 0.25) is 0 Å². The highest BCUT2D eigenvalue weighted by Crippen LogP contribution is 2.66. The molecule has 0 spiro atoms. The van der Waals surface area contributed by atoms with E-state index in [0.717, 1.165) is 4.70 Å². The summed E-state index contributed by atoms with van der Waals surface area (Å²) in [5, 5.41) is 10.0. The molecule has 0 amide bonds. The summed E-state index contributed by atoms with van der Waals surface area (Å²) in [5.41, 5.74) is 2.30. The number of aliphatic hydroxyl groups is 1. The van der Waals surface area contributed by atoms with Crippen molar-refractivity contribution in [2.45, 2.75) is 12.6 Å². The minimum absolute atomic E-state index is 0.0618. The van der Waals surface area contributed by atoms with Crippen LogP contribution in [0.4, 0.5) is 0 Å². The van der Waals surface area contributed by atoms with Gasteiger partial charge >= 0.3 is 23.5 Å². The van der Waals surface area contributed by atoms with Crippen LogP contribution in [-0.4, -0.2) is 40.8 Å². The van der Waals surface area contributed by atoms with Gasteiger partial charge in [-0.3, -0.25) is 4.52 Å². The number of nitrogens with zero attached hydrogens (tertiary/aromatic N) is 2. The fraction of sp³-hybridized carbons (Fsp3) is 0.273. The Hall–Kier alpha value is -0.990. The highest BCUT2D eigenvalue weighted by molar-refractivity contribution is 7.71. The Bertz CT molecular complexity index is 1200. The zero-order valence-electron chi connectivity index (χ0n) is 14.4. The number of phosphoric ester groups is 1. The van der Waals surface area contributed by atoms with E-state index < -0.39 is 36.3 Å². The zero-order chi connectivity index (χ0) is 22.3. The van der Waals surface area contributed by atoms with Gasteiger partial charge in [-0.2, -0.15) is 8.62 Å². The van der Waals surface area contributed by atoms with Gasteiger partial charge in [0, 0.05) is 6.20 Å². The van der Waals surface area contributed by atoms with Gasteiger partial charge in [-0.1, -0.05) is 12.2 Å². The van der Waals surface area contributed by atoms with Gasteiger partial charge < -0.3 is 34.0 Å². The summed E-state index contributed by atoms with van der Waals surface area (Å²) in [6, 6.07) is 1.69. The summed E-state index contributed by atoms with van der Waals surface area (Å²) in [7, 11) is -16.5. The van der Waals surface area contributed by atoms with E-state index >= 15 is 0 Å². The fourth-order valence-electron chi connectivity index (χ4n) is 2.37.